The van der Waals surface area contributed by atoms with Crippen LogP contribution in [0.25, 0.3) is 0 Å². The van der Waals surface area contributed by atoms with Crippen molar-refractivity contribution >= 4 is 5.91 Å². The maximum Gasteiger partial charge on any atom is 0.271 e. The van der Waals surface area contributed by atoms with Gasteiger partial charge < -0.3 is 5.32 Å². The Bertz CT molecular complexity index is 796. The van der Waals surface area contributed by atoms with Crippen LogP contribution in [-0.2, 0) is 19.3 Å². The molecule has 2 aliphatic rings. The fraction of sp³-hybridized carbons (Fsp3) is 0.500. The van der Waals surface area contributed by atoms with Crippen molar-refractivity contribution in [3.63, 3.8) is 0 Å². The minimum Gasteiger partial charge on any atom is -0.354 e. The summed E-state index contributed by atoms with van der Waals surface area (Å²) in [6.45, 7) is 2.38. The molecule has 1 aromatic heterocycles. The van der Waals surface area contributed by atoms with Crippen LogP contribution in [-0.4, -0.2) is 47.0 Å². The van der Waals surface area contributed by atoms with Crippen molar-refractivity contribution in [2.24, 2.45) is 0 Å². The standard InChI is InChI=1S/C22H28N4O/c1-23-22(27)21-15-24-19(14-25-21)13-16-6-7-17-8-10-26(11-9-18(17)12-16)20-4-2-3-5-20/h6-7,12,14-15,20H,2-5,8-11,13H2,1H3,(H,23,27). The van der Waals surface area contributed by atoms with Gasteiger partial charge in [-0.15, -0.1) is 0 Å². The SMILES string of the molecule is CNC(=O)c1cnc(Cc2ccc3c(c2)CCN(C2CCCC2)CC3)cn1. The smallest absolute Gasteiger partial charge is 0.271 e. The lowest BCUT2D eigenvalue weighted by molar-refractivity contribution is 0.0957. The lowest BCUT2D eigenvalue weighted by Crippen LogP contribution is -2.35. The van der Waals surface area contributed by atoms with Gasteiger partial charge in [-0.2, -0.15) is 0 Å². The molecule has 1 aromatic carbocycles. The molecule has 2 aromatic rings. The van der Waals surface area contributed by atoms with E-state index in [0.29, 0.717) is 5.69 Å². The van der Waals surface area contributed by atoms with E-state index in [1.807, 2.05) is 0 Å². The van der Waals surface area contributed by atoms with Crippen LogP contribution >= 0.6 is 0 Å². The number of nitrogens with zero attached hydrogens (tertiary/aromatic N) is 3. The average molecular weight is 364 g/mol. The zero-order valence-corrected chi connectivity index (χ0v) is 16.1. The second-order valence-electron chi connectivity index (χ2n) is 7.73. The summed E-state index contributed by atoms with van der Waals surface area (Å²) >= 11 is 0. The van der Waals surface area contributed by atoms with Crippen LogP contribution in [0.1, 0.15) is 58.6 Å². The van der Waals surface area contributed by atoms with Gasteiger partial charge in [0.1, 0.15) is 5.69 Å². The van der Waals surface area contributed by atoms with Crippen LogP contribution in [0.3, 0.4) is 0 Å². The Morgan fingerprint density at radius 3 is 2.59 bits per heavy atom. The summed E-state index contributed by atoms with van der Waals surface area (Å²) in [5.74, 6) is -0.203. The van der Waals surface area contributed by atoms with Crippen molar-refractivity contribution in [1.82, 2.24) is 20.2 Å². The van der Waals surface area contributed by atoms with Crippen LogP contribution in [0.5, 0.6) is 0 Å². The monoisotopic (exact) mass is 364 g/mol. The Hall–Kier alpha value is -2.27. The first-order chi connectivity index (χ1) is 13.2. The highest BCUT2D eigenvalue weighted by molar-refractivity contribution is 5.91. The van der Waals surface area contributed by atoms with E-state index in [4.69, 9.17) is 0 Å². The van der Waals surface area contributed by atoms with Gasteiger partial charge in [0.15, 0.2) is 0 Å². The predicted molar refractivity (Wildman–Crippen MR) is 106 cm³/mol. The van der Waals surface area contributed by atoms with Crippen LogP contribution in [0.15, 0.2) is 30.6 Å². The van der Waals surface area contributed by atoms with Crippen molar-refractivity contribution in [2.75, 3.05) is 20.1 Å². The number of hydrogen-bond donors (Lipinski definition) is 1. The van der Waals surface area contributed by atoms with E-state index in [1.165, 1.54) is 55.5 Å². The van der Waals surface area contributed by atoms with Gasteiger partial charge in [0.25, 0.3) is 5.91 Å². The van der Waals surface area contributed by atoms with Gasteiger partial charge in [0, 0.05) is 38.8 Å². The van der Waals surface area contributed by atoms with E-state index < -0.39 is 0 Å². The molecule has 0 spiro atoms. The molecule has 5 nitrogen and oxygen atoms in total. The first-order valence-corrected chi connectivity index (χ1v) is 10.1. The molecule has 1 N–H and O–H groups in total. The highest BCUT2D eigenvalue weighted by atomic mass is 16.1. The second kappa shape index (κ2) is 8.17. The molecule has 0 unspecified atom stereocenters. The highest BCUT2D eigenvalue weighted by Crippen LogP contribution is 2.26. The highest BCUT2D eigenvalue weighted by Gasteiger charge is 2.24. The molecule has 27 heavy (non-hydrogen) atoms. The Kier molecular flexibility index (Phi) is 5.48. The van der Waals surface area contributed by atoms with Crippen LogP contribution in [0.4, 0.5) is 0 Å². The van der Waals surface area contributed by atoms with Crippen LogP contribution < -0.4 is 5.32 Å². The number of carbonyl (C=O) groups is 1. The minimum absolute atomic E-state index is 0.203. The third-order valence-electron chi connectivity index (χ3n) is 6.00. The molecule has 0 atom stereocenters. The van der Waals surface area contributed by atoms with E-state index in [2.05, 4.69) is 38.4 Å². The third-order valence-corrected chi connectivity index (χ3v) is 6.00. The van der Waals surface area contributed by atoms with E-state index in [-0.39, 0.29) is 5.91 Å². The Balaban J connectivity index is 1.43. The van der Waals surface area contributed by atoms with Crippen molar-refractivity contribution in [2.45, 2.75) is 51.0 Å². The van der Waals surface area contributed by atoms with E-state index in [1.54, 1.807) is 19.4 Å². The van der Waals surface area contributed by atoms with Crippen molar-refractivity contribution in [1.29, 1.82) is 0 Å². The molecule has 0 radical (unpaired) electrons. The van der Waals surface area contributed by atoms with E-state index in [0.717, 1.165) is 31.0 Å². The molecular formula is C22H28N4O. The number of carbonyl (C=O) groups excluding carboxylic acids is 1. The molecule has 142 valence electrons. The molecule has 1 aliphatic carbocycles. The van der Waals surface area contributed by atoms with Crippen molar-refractivity contribution in [3.05, 3.63) is 58.7 Å². The number of benzene rings is 1. The lowest BCUT2D eigenvalue weighted by Gasteiger charge is -2.26. The molecule has 5 heteroatoms. The largest absolute Gasteiger partial charge is 0.354 e. The maximum atomic E-state index is 11.6. The average Bonchev–Trinajstić information content (AvgIpc) is 3.15. The maximum absolute atomic E-state index is 11.6. The van der Waals surface area contributed by atoms with Gasteiger partial charge in [0.2, 0.25) is 0 Å². The van der Waals surface area contributed by atoms with Gasteiger partial charge in [-0.1, -0.05) is 31.0 Å². The van der Waals surface area contributed by atoms with E-state index in [9.17, 15) is 4.79 Å². The molecule has 2 heterocycles. The fourth-order valence-electron chi connectivity index (χ4n) is 4.44. The van der Waals surface area contributed by atoms with Crippen LogP contribution in [0, 0.1) is 0 Å². The number of rotatable bonds is 4. The molecule has 1 saturated carbocycles. The lowest BCUT2D eigenvalue weighted by atomic mass is 9.98. The number of amides is 1. The fourth-order valence-corrected chi connectivity index (χ4v) is 4.44. The quantitative estimate of drug-likeness (QED) is 0.906. The Labute approximate surface area is 161 Å². The number of hydrogen-bond acceptors (Lipinski definition) is 4. The third kappa shape index (κ3) is 4.19. The van der Waals surface area contributed by atoms with E-state index >= 15 is 0 Å². The van der Waals surface area contributed by atoms with Gasteiger partial charge in [0.05, 0.1) is 11.9 Å². The predicted octanol–water partition coefficient (Wildman–Crippen LogP) is 2.77. The minimum atomic E-state index is -0.203. The number of fused-ring (bicyclic) bond motifs is 1. The summed E-state index contributed by atoms with van der Waals surface area (Å²) in [5, 5.41) is 2.57. The Morgan fingerprint density at radius 1 is 1.11 bits per heavy atom. The zero-order chi connectivity index (χ0) is 18.6. The molecule has 4 rings (SSSR count). The zero-order valence-electron chi connectivity index (χ0n) is 16.1. The van der Waals surface area contributed by atoms with Crippen molar-refractivity contribution < 1.29 is 4.79 Å². The van der Waals surface area contributed by atoms with Gasteiger partial charge in [-0.3, -0.25) is 14.7 Å². The first-order valence-electron chi connectivity index (χ1n) is 10.1. The molecule has 1 aliphatic heterocycles. The molecule has 1 amide bonds. The number of nitrogens with one attached hydrogen (secondary N) is 1. The molecule has 0 bridgehead atoms. The molecule has 1 fully saturated rings. The first kappa shape index (κ1) is 18.1. The van der Waals surface area contributed by atoms with Crippen LogP contribution in [0.2, 0.25) is 0 Å². The topological polar surface area (TPSA) is 58.1 Å². The Morgan fingerprint density at radius 2 is 1.89 bits per heavy atom. The second-order valence-corrected chi connectivity index (χ2v) is 7.73. The summed E-state index contributed by atoms with van der Waals surface area (Å²) in [6, 6.07) is 7.68. The number of aromatic nitrogens is 2. The summed E-state index contributed by atoms with van der Waals surface area (Å²) in [6.07, 6.45) is 11.9. The van der Waals surface area contributed by atoms with Crippen molar-refractivity contribution in [3.8, 4) is 0 Å². The van der Waals surface area contributed by atoms with Gasteiger partial charge in [-0.25, -0.2) is 4.98 Å². The summed E-state index contributed by atoms with van der Waals surface area (Å²) in [4.78, 5) is 22.9. The molecule has 0 saturated heterocycles. The summed E-state index contributed by atoms with van der Waals surface area (Å²) in [5.41, 5.74) is 5.51. The van der Waals surface area contributed by atoms with Gasteiger partial charge in [-0.05, 0) is 42.4 Å². The normalized spacial score (nSPS) is 18.1. The molecular weight excluding hydrogens is 336 g/mol. The summed E-state index contributed by atoms with van der Waals surface area (Å²) in [7, 11) is 1.60. The summed E-state index contributed by atoms with van der Waals surface area (Å²) < 4.78 is 0. The van der Waals surface area contributed by atoms with Gasteiger partial charge >= 0.3 is 0 Å².